The maximum atomic E-state index is 12.6. The molecule has 2 heterocycles. The predicted octanol–water partition coefficient (Wildman–Crippen LogP) is 3.28. The summed E-state index contributed by atoms with van der Waals surface area (Å²) < 4.78 is 21.2. The Hall–Kier alpha value is -3.55. The highest BCUT2D eigenvalue weighted by atomic mass is 16.5. The normalized spacial score (nSPS) is 16.2. The Morgan fingerprint density at radius 2 is 1.76 bits per heavy atom. The number of anilines is 1. The summed E-state index contributed by atoms with van der Waals surface area (Å²) in [5, 5.41) is 4.07. The number of hydrogen-bond donors (Lipinski definition) is 0. The largest absolute Gasteiger partial charge is 0.497 e. The summed E-state index contributed by atoms with van der Waals surface area (Å²) >= 11 is 0. The minimum absolute atomic E-state index is 0.00795. The van der Waals surface area contributed by atoms with E-state index in [9.17, 15) is 4.79 Å². The van der Waals surface area contributed by atoms with E-state index in [1.54, 1.807) is 38.4 Å². The van der Waals surface area contributed by atoms with E-state index in [4.69, 9.17) is 18.7 Å². The number of benzene rings is 2. The first-order valence-corrected chi connectivity index (χ1v) is 9.13. The van der Waals surface area contributed by atoms with Crippen molar-refractivity contribution >= 4 is 11.6 Å². The summed E-state index contributed by atoms with van der Waals surface area (Å²) in [4.78, 5) is 18.8. The van der Waals surface area contributed by atoms with Crippen molar-refractivity contribution in [3.05, 3.63) is 48.4 Å². The molecule has 0 spiro atoms. The average Bonchev–Trinajstić information content (AvgIpc) is 3.40. The van der Waals surface area contributed by atoms with Crippen molar-refractivity contribution < 1.29 is 23.5 Å². The number of nitrogens with zero attached hydrogens (tertiary/aromatic N) is 3. The molecule has 1 aliphatic rings. The van der Waals surface area contributed by atoms with Crippen LogP contribution in [-0.4, -0.2) is 43.9 Å². The zero-order valence-electron chi connectivity index (χ0n) is 16.4. The molecule has 0 N–H and O–H groups in total. The fourth-order valence-electron chi connectivity index (χ4n) is 3.37. The van der Waals surface area contributed by atoms with Crippen LogP contribution in [0.25, 0.3) is 11.4 Å². The number of methoxy groups -OCH3 is 3. The van der Waals surface area contributed by atoms with E-state index in [-0.39, 0.29) is 11.8 Å². The standard InChI is InChI=1S/C21H21N3O5/c1-26-16-7-4-13(5-8-16)20-22-21(29-23-20)14-10-19(25)24(12-14)15-6-9-17(27-2)18(11-15)28-3/h4-9,11,14H,10,12H2,1-3H3. The topological polar surface area (TPSA) is 86.9 Å². The molecule has 0 saturated carbocycles. The van der Waals surface area contributed by atoms with Crippen LogP contribution >= 0.6 is 0 Å². The Labute approximate surface area is 168 Å². The van der Waals surface area contributed by atoms with E-state index in [2.05, 4.69) is 10.1 Å². The van der Waals surface area contributed by atoms with Crippen molar-refractivity contribution in [3.63, 3.8) is 0 Å². The Morgan fingerprint density at radius 1 is 1.00 bits per heavy atom. The zero-order valence-corrected chi connectivity index (χ0v) is 16.4. The Morgan fingerprint density at radius 3 is 2.45 bits per heavy atom. The van der Waals surface area contributed by atoms with Crippen LogP contribution in [0, 0.1) is 0 Å². The van der Waals surface area contributed by atoms with Gasteiger partial charge >= 0.3 is 0 Å². The van der Waals surface area contributed by atoms with E-state index >= 15 is 0 Å². The summed E-state index contributed by atoms with van der Waals surface area (Å²) in [5.41, 5.74) is 1.56. The van der Waals surface area contributed by atoms with Gasteiger partial charge in [0.05, 0.1) is 27.2 Å². The van der Waals surface area contributed by atoms with Crippen LogP contribution in [0.5, 0.6) is 17.2 Å². The third-order valence-electron chi connectivity index (χ3n) is 4.94. The van der Waals surface area contributed by atoms with Crippen LogP contribution in [0.4, 0.5) is 5.69 Å². The molecule has 1 saturated heterocycles. The van der Waals surface area contributed by atoms with Gasteiger partial charge in [-0.15, -0.1) is 0 Å². The van der Waals surface area contributed by atoms with Gasteiger partial charge in [0.25, 0.3) is 0 Å². The second-order valence-electron chi connectivity index (χ2n) is 6.63. The minimum atomic E-state index is -0.171. The second kappa shape index (κ2) is 7.83. The third-order valence-corrected chi connectivity index (χ3v) is 4.94. The lowest BCUT2D eigenvalue weighted by Gasteiger charge is -2.18. The number of rotatable bonds is 6. The van der Waals surface area contributed by atoms with Crippen LogP contribution in [0.1, 0.15) is 18.2 Å². The highest BCUT2D eigenvalue weighted by Crippen LogP contribution is 2.36. The molecule has 1 aliphatic heterocycles. The van der Waals surface area contributed by atoms with E-state index < -0.39 is 0 Å². The molecule has 8 nitrogen and oxygen atoms in total. The summed E-state index contributed by atoms with van der Waals surface area (Å²) in [6.07, 6.45) is 0.304. The second-order valence-corrected chi connectivity index (χ2v) is 6.63. The molecule has 0 bridgehead atoms. The number of carbonyl (C=O) groups is 1. The smallest absolute Gasteiger partial charge is 0.232 e. The van der Waals surface area contributed by atoms with E-state index in [1.807, 2.05) is 30.3 Å². The monoisotopic (exact) mass is 395 g/mol. The minimum Gasteiger partial charge on any atom is -0.497 e. The zero-order chi connectivity index (χ0) is 20.4. The lowest BCUT2D eigenvalue weighted by molar-refractivity contribution is -0.117. The van der Waals surface area contributed by atoms with Crippen molar-refractivity contribution in [2.24, 2.45) is 0 Å². The molecule has 0 aliphatic carbocycles. The lowest BCUT2D eigenvalue weighted by atomic mass is 10.1. The molecule has 1 unspecified atom stereocenters. The van der Waals surface area contributed by atoms with Gasteiger partial charge in [-0.25, -0.2) is 0 Å². The summed E-state index contributed by atoms with van der Waals surface area (Å²) in [5.74, 6) is 2.69. The fourth-order valence-corrected chi connectivity index (χ4v) is 3.37. The molecule has 1 fully saturated rings. The molecule has 2 aromatic carbocycles. The lowest BCUT2D eigenvalue weighted by Crippen LogP contribution is -2.24. The SMILES string of the molecule is COc1ccc(-c2noc(C3CC(=O)N(c4ccc(OC)c(OC)c4)C3)n2)cc1. The van der Waals surface area contributed by atoms with Crippen LogP contribution in [0.2, 0.25) is 0 Å². The third kappa shape index (κ3) is 3.61. The molecule has 1 aromatic heterocycles. The van der Waals surface area contributed by atoms with Gasteiger partial charge in [-0.2, -0.15) is 4.98 Å². The highest BCUT2D eigenvalue weighted by molar-refractivity contribution is 5.96. The van der Waals surface area contributed by atoms with Crippen LogP contribution in [0.15, 0.2) is 47.0 Å². The molecule has 0 radical (unpaired) electrons. The molecule has 3 aromatic rings. The maximum absolute atomic E-state index is 12.6. The first kappa shape index (κ1) is 18.8. The first-order valence-electron chi connectivity index (χ1n) is 9.13. The van der Waals surface area contributed by atoms with E-state index in [0.29, 0.717) is 36.2 Å². The Balaban J connectivity index is 1.53. The molecular formula is C21H21N3O5. The summed E-state index contributed by atoms with van der Waals surface area (Å²) in [7, 11) is 4.75. The number of hydrogen-bond acceptors (Lipinski definition) is 7. The van der Waals surface area contributed by atoms with E-state index in [1.165, 1.54) is 0 Å². The number of aromatic nitrogens is 2. The molecule has 150 valence electrons. The predicted molar refractivity (Wildman–Crippen MR) is 106 cm³/mol. The summed E-state index contributed by atoms with van der Waals surface area (Å²) in [6.45, 7) is 0.457. The maximum Gasteiger partial charge on any atom is 0.232 e. The van der Waals surface area contributed by atoms with Crippen LogP contribution < -0.4 is 19.1 Å². The molecular weight excluding hydrogens is 374 g/mol. The number of carbonyl (C=O) groups excluding carboxylic acids is 1. The van der Waals surface area contributed by atoms with Gasteiger partial charge in [-0.05, 0) is 36.4 Å². The molecule has 1 atom stereocenters. The van der Waals surface area contributed by atoms with Crippen molar-refractivity contribution in [1.29, 1.82) is 0 Å². The van der Waals surface area contributed by atoms with Crippen LogP contribution in [0.3, 0.4) is 0 Å². The van der Waals surface area contributed by atoms with Crippen molar-refractivity contribution in [2.45, 2.75) is 12.3 Å². The average molecular weight is 395 g/mol. The highest BCUT2D eigenvalue weighted by Gasteiger charge is 2.35. The number of ether oxygens (including phenoxy) is 3. The Bertz CT molecular complexity index is 1020. The van der Waals surface area contributed by atoms with Gasteiger partial charge in [0.1, 0.15) is 5.75 Å². The fraction of sp³-hybridized carbons (Fsp3) is 0.286. The van der Waals surface area contributed by atoms with Gasteiger partial charge in [-0.1, -0.05) is 5.16 Å². The molecule has 29 heavy (non-hydrogen) atoms. The molecule has 1 amide bonds. The summed E-state index contributed by atoms with van der Waals surface area (Å²) in [6, 6.07) is 12.8. The molecule has 8 heteroatoms. The van der Waals surface area contributed by atoms with E-state index in [0.717, 1.165) is 17.0 Å². The van der Waals surface area contributed by atoms with Crippen LogP contribution in [-0.2, 0) is 4.79 Å². The Kier molecular flexibility index (Phi) is 5.07. The first-order chi connectivity index (χ1) is 14.1. The van der Waals surface area contributed by atoms with Gasteiger partial charge < -0.3 is 23.6 Å². The van der Waals surface area contributed by atoms with Gasteiger partial charge in [0, 0.05) is 30.3 Å². The van der Waals surface area contributed by atoms with Crippen molar-refractivity contribution in [2.75, 3.05) is 32.8 Å². The number of amides is 1. The quantitative estimate of drug-likeness (QED) is 0.633. The molecule has 4 rings (SSSR count). The van der Waals surface area contributed by atoms with Gasteiger partial charge in [0.15, 0.2) is 11.5 Å². The van der Waals surface area contributed by atoms with Gasteiger partial charge in [0.2, 0.25) is 17.6 Å². The van der Waals surface area contributed by atoms with Crippen molar-refractivity contribution in [3.8, 4) is 28.6 Å². The van der Waals surface area contributed by atoms with Crippen molar-refractivity contribution in [1.82, 2.24) is 10.1 Å². The van der Waals surface area contributed by atoms with Gasteiger partial charge in [-0.3, -0.25) is 4.79 Å².